The molecule has 0 fully saturated rings. The Bertz CT molecular complexity index is 635. The van der Waals surface area contributed by atoms with Gasteiger partial charge in [0, 0.05) is 25.1 Å². The lowest BCUT2D eigenvalue weighted by atomic mass is 10.4. The summed E-state index contributed by atoms with van der Waals surface area (Å²) in [6.45, 7) is 1.46. The average Bonchev–Trinajstić information content (AvgIpc) is 2.92. The zero-order valence-corrected chi connectivity index (χ0v) is 9.56. The van der Waals surface area contributed by atoms with Crippen LogP contribution in [0.2, 0.25) is 0 Å². The van der Waals surface area contributed by atoms with Gasteiger partial charge in [0.15, 0.2) is 5.65 Å². The largest absolute Gasteiger partial charge is 0.368 e. The van der Waals surface area contributed by atoms with Crippen LogP contribution in [-0.2, 0) is 6.54 Å². The minimum atomic E-state index is 0.642. The Morgan fingerprint density at radius 1 is 1.11 bits per heavy atom. The number of pyridine rings is 1. The SMILES string of the molecule is c1cn(CCNc2ccc3nccnc3n2)nn1. The fraction of sp³-hybridized carbons (Fsp3) is 0.182. The Morgan fingerprint density at radius 3 is 2.94 bits per heavy atom. The first-order valence-electron chi connectivity index (χ1n) is 5.57. The molecule has 90 valence electrons. The van der Waals surface area contributed by atoms with Crippen molar-refractivity contribution in [2.45, 2.75) is 6.54 Å². The normalized spacial score (nSPS) is 10.7. The zero-order chi connectivity index (χ0) is 12.2. The van der Waals surface area contributed by atoms with Crippen LogP contribution >= 0.6 is 0 Å². The molecule has 3 heterocycles. The fourth-order valence-electron chi connectivity index (χ4n) is 1.60. The summed E-state index contributed by atoms with van der Waals surface area (Å²) in [7, 11) is 0. The van der Waals surface area contributed by atoms with E-state index in [1.54, 1.807) is 23.3 Å². The van der Waals surface area contributed by atoms with Gasteiger partial charge in [-0.05, 0) is 12.1 Å². The minimum absolute atomic E-state index is 0.642. The predicted octanol–water partition coefficient (Wildman–Crippen LogP) is 0.728. The molecule has 0 unspecified atom stereocenters. The summed E-state index contributed by atoms with van der Waals surface area (Å²) in [5, 5.41) is 10.8. The summed E-state index contributed by atoms with van der Waals surface area (Å²) in [6.07, 6.45) is 6.77. The topological polar surface area (TPSA) is 81.4 Å². The van der Waals surface area contributed by atoms with Gasteiger partial charge < -0.3 is 5.32 Å². The highest BCUT2D eigenvalue weighted by Crippen LogP contribution is 2.09. The van der Waals surface area contributed by atoms with Crippen molar-refractivity contribution in [2.75, 3.05) is 11.9 Å². The zero-order valence-electron chi connectivity index (χ0n) is 9.56. The molecule has 7 heteroatoms. The maximum absolute atomic E-state index is 4.36. The number of fused-ring (bicyclic) bond motifs is 1. The van der Waals surface area contributed by atoms with Gasteiger partial charge in [0.1, 0.15) is 11.3 Å². The maximum atomic E-state index is 4.36. The van der Waals surface area contributed by atoms with Crippen LogP contribution in [-0.4, -0.2) is 36.5 Å². The van der Waals surface area contributed by atoms with Gasteiger partial charge in [0.05, 0.1) is 12.7 Å². The number of hydrogen-bond donors (Lipinski definition) is 1. The van der Waals surface area contributed by atoms with Gasteiger partial charge in [0.2, 0.25) is 0 Å². The molecule has 0 aliphatic carbocycles. The molecule has 3 aromatic rings. The Morgan fingerprint density at radius 2 is 2.06 bits per heavy atom. The predicted molar refractivity (Wildman–Crippen MR) is 65.8 cm³/mol. The number of nitrogens with one attached hydrogen (secondary N) is 1. The second-order valence-corrected chi connectivity index (χ2v) is 3.69. The van der Waals surface area contributed by atoms with Gasteiger partial charge >= 0.3 is 0 Å². The van der Waals surface area contributed by atoms with E-state index in [1.165, 1.54) is 0 Å². The molecule has 3 rings (SSSR count). The summed E-state index contributed by atoms with van der Waals surface area (Å²) in [6, 6.07) is 3.78. The molecule has 0 aliphatic rings. The molecule has 0 saturated heterocycles. The molecule has 0 radical (unpaired) electrons. The van der Waals surface area contributed by atoms with Crippen molar-refractivity contribution in [2.24, 2.45) is 0 Å². The average molecular weight is 241 g/mol. The molecule has 0 atom stereocenters. The van der Waals surface area contributed by atoms with Gasteiger partial charge in [-0.1, -0.05) is 5.21 Å². The lowest BCUT2D eigenvalue weighted by molar-refractivity contribution is 0.608. The number of hydrogen-bond acceptors (Lipinski definition) is 6. The van der Waals surface area contributed by atoms with Gasteiger partial charge in [-0.2, -0.15) is 0 Å². The minimum Gasteiger partial charge on any atom is -0.368 e. The molecule has 0 saturated carbocycles. The van der Waals surface area contributed by atoms with Crippen LogP contribution in [0.4, 0.5) is 5.82 Å². The van der Waals surface area contributed by atoms with E-state index in [9.17, 15) is 0 Å². The first-order chi connectivity index (χ1) is 8.92. The van der Waals surface area contributed by atoms with E-state index in [2.05, 4.69) is 30.6 Å². The molecule has 0 spiro atoms. The number of anilines is 1. The smallest absolute Gasteiger partial charge is 0.180 e. The van der Waals surface area contributed by atoms with E-state index >= 15 is 0 Å². The van der Waals surface area contributed by atoms with Crippen LogP contribution in [0.15, 0.2) is 36.9 Å². The molecule has 3 aromatic heterocycles. The summed E-state index contributed by atoms with van der Waals surface area (Å²) < 4.78 is 1.76. The third-order valence-corrected chi connectivity index (χ3v) is 2.45. The van der Waals surface area contributed by atoms with Crippen molar-refractivity contribution in [3.63, 3.8) is 0 Å². The van der Waals surface area contributed by atoms with E-state index in [-0.39, 0.29) is 0 Å². The first kappa shape index (κ1) is 10.6. The standard InChI is InChI=1S/C11H11N7/c1-2-10(13-5-7-18-8-6-15-17-18)16-11-9(1)12-3-4-14-11/h1-4,6,8H,5,7H2,(H,13,14,16). The summed E-state index contributed by atoms with van der Waals surface area (Å²) in [5.74, 6) is 0.781. The Hall–Kier alpha value is -2.57. The van der Waals surface area contributed by atoms with Gasteiger partial charge in [-0.15, -0.1) is 5.10 Å². The molecule has 1 N–H and O–H groups in total. The Balaban J connectivity index is 1.67. The second kappa shape index (κ2) is 4.74. The van der Waals surface area contributed by atoms with Crippen molar-refractivity contribution >= 4 is 17.0 Å². The van der Waals surface area contributed by atoms with E-state index in [0.29, 0.717) is 5.65 Å². The van der Waals surface area contributed by atoms with E-state index in [4.69, 9.17) is 0 Å². The van der Waals surface area contributed by atoms with Crippen LogP contribution in [0.25, 0.3) is 11.2 Å². The Kier molecular flexibility index (Phi) is 2.79. The third kappa shape index (κ3) is 2.24. The summed E-state index contributed by atoms with van der Waals surface area (Å²) >= 11 is 0. The lowest BCUT2D eigenvalue weighted by Gasteiger charge is -2.05. The summed E-state index contributed by atoms with van der Waals surface area (Å²) in [5.41, 5.74) is 1.43. The molecular weight excluding hydrogens is 230 g/mol. The van der Waals surface area contributed by atoms with Crippen LogP contribution in [0.5, 0.6) is 0 Å². The molecule has 0 aromatic carbocycles. The van der Waals surface area contributed by atoms with Crippen LogP contribution in [0.1, 0.15) is 0 Å². The van der Waals surface area contributed by atoms with Crippen molar-refractivity contribution in [1.29, 1.82) is 0 Å². The van der Waals surface area contributed by atoms with Crippen molar-refractivity contribution in [3.8, 4) is 0 Å². The molecule has 0 bridgehead atoms. The maximum Gasteiger partial charge on any atom is 0.180 e. The van der Waals surface area contributed by atoms with Gasteiger partial charge in [0.25, 0.3) is 0 Å². The second-order valence-electron chi connectivity index (χ2n) is 3.69. The van der Waals surface area contributed by atoms with E-state index < -0.39 is 0 Å². The first-order valence-corrected chi connectivity index (χ1v) is 5.57. The highest BCUT2D eigenvalue weighted by Gasteiger charge is 1.99. The highest BCUT2D eigenvalue weighted by molar-refractivity contribution is 5.71. The van der Waals surface area contributed by atoms with E-state index in [0.717, 1.165) is 24.4 Å². The summed E-state index contributed by atoms with van der Waals surface area (Å²) in [4.78, 5) is 12.7. The van der Waals surface area contributed by atoms with Crippen molar-refractivity contribution in [1.82, 2.24) is 29.9 Å². The van der Waals surface area contributed by atoms with Crippen LogP contribution < -0.4 is 5.32 Å². The van der Waals surface area contributed by atoms with Gasteiger partial charge in [-0.3, -0.25) is 9.67 Å². The van der Waals surface area contributed by atoms with Crippen LogP contribution in [0, 0.1) is 0 Å². The van der Waals surface area contributed by atoms with Crippen molar-refractivity contribution in [3.05, 3.63) is 36.9 Å². The highest BCUT2D eigenvalue weighted by atomic mass is 15.4. The molecular formula is C11H11N7. The monoisotopic (exact) mass is 241 g/mol. The number of aromatic nitrogens is 6. The number of rotatable bonds is 4. The Labute approximate surface area is 103 Å². The van der Waals surface area contributed by atoms with Gasteiger partial charge in [-0.25, -0.2) is 9.97 Å². The van der Waals surface area contributed by atoms with E-state index in [1.807, 2.05) is 18.3 Å². The van der Waals surface area contributed by atoms with Crippen LogP contribution in [0.3, 0.4) is 0 Å². The molecule has 0 amide bonds. The molecule has 18 heavy (non-hydrogen) atoms. The number of nitrogens with zero attached hydrogens (tertiary/aromatic N) is 6. The quantitative estimate of drug-likeness (QED) is 0.725. The fourth-order valence-corrected chi connectivity index (χ4v) is 1.60. The third-order valence-electron chi connectivity index (χ3n) is 2.45. The molecule has 0 aliphatic heterocycles. The molecule has 7 nitrogen and oxygen atoms in total. The van der Waals surface area contributed by atoms with Crippen molar-refractivity contribution < 1.29 is 0 Å². The lowest BCUT2D eigenvalue weighted by Crippen LogP contribution is -2.11.